The second-order valence-corrected chi connectivity index (χ2v) is 6.36. The quantitative estimate of drug-likeness (QED) is 0.708. The van der Waals surface area contributed by atoms with Gasteiger partial charge in [-0.1, -0.05) is 24.2 Å². The molecule has 3 aromatic rings. The van der Waals surface area contributed by atoms with Crippen LogP contribution in [0.3, 0.4) is 0 Å². The van der Waals surface area contributed by atoms with Crippen LogP contribution in [0, 0.1) is 0 Å². The highest BCUT2D eigenvalue weighted by Crippen LogP contribution is 2.32. The van der Waals surface area contributed by atoms with Gasteiger partial charge in [0.2, 0.25) is 5.91 Å². The van der Waals surface area contributed by atoms with Gasteiger partial charge in [-0.2, -0.15) is 0 Å². The molecule has 1 aliphatic rings. The molecule has 0 fully saturated rings. The summed E-state index contributed by atoms with van der Waals surface area (Å²) in [7, 11) is 0. The maximum absolute atomic E-state index is 12.1. The number of halogens is 1. The molecule has 0 bridgehead atoms. The Labute approximate surface area is 149 Å². The lowest BCUT2D eigenvalue weighted by Gasteiger charge is -2.35. The fourth-order valence-electron chi connectivity index (χ4n) is 3.21. The summed E-state index contributed by atoms with van der Waals surface area (Å²) in [5.74, 6) is 0.622. The largest absolute Gasteiger partial charge is 0.361 e. The molecule has 1 atom stereocenters. The number of nitrogens with zero attached hydrogens (tertiary/aromatic N) is 3. The van der Waals surface area contributed by atoms with Crippen molar-refractivity contribution < 1.29 is 4.79 Å². The SMILES string of the molecule is C=CC(=O)N1Cc2cc(Cl)ccc2C(Nc2ncnc3[nH]ccc23)C1. The smallest absolute Gasteiger partial charge is 0.246 e. The van der Waals surface area contributed by atoms with E-state index in [1.807, 2.05) is 30.5 Å². The molecular weight excluding hydrogens is 338 g/mol. The molecule has 2 aromatic heterocycles. The standard InChI is InChI=1S/C18H16ClN5O/c1-2-16(25)24-8-11-7-12(19)3-4-13(11)15(9-24)23-18-14-5-6-20-17(14)21-10-22-18/h2-7,10,15H,1,8-9H2,(H2,20,21,22,23). The van der Waals surface area contributed by atoms with Crippen molar-refractivity contribution in [3.63, 3.8) is 0 Å². The molecule has 6 nitrogen and oxygen atoms in total. The van der Waals surface area contributed by atoms with Gasteiger partial charge in [-0.3, -0.25) is 4.79 Å². The summed E-state index contributed by atoms with van der Waals surface area (Å²) in [6.45, 7) is 4.63. The zero-order valence-corrected chi connectivity index (χ0v) is 14.1. The summed E-state index contributed by atoms with van der Waals surface area (Å²) in [4.78, 5) is 25.5. The van der Waals surface area contributed by atoms with Crippen LogP contribution in [0.4, 0.5) is 5.82 Å². The Hall–Kier alpha value is -2.86. The number of hydrogen-bond acceptors (Lipinski definition) is 4. The minimum Gasteiger partial charge on any atom is -0.361 e. The van der Waals surface area contributed by atoms with Gasteiger partial charge in [0.1, 0.15) is 17.8 Å². The first-order valence-corrected chi connectivity index (χ1v) is 8.28. The number of aromatic nitrogens is 3. The first-order chi connectivity index (χ1) is 12.2. The number of rotatable bonds is 3. The zero-order chi connectivity index (χ0) is 17.4. The van der Waals surface area contributed by atoms with Crippen LogP contribution in [-0.2, 0) is 11.3 Å². The number of carbonyl (C=O) groups excluding carboxylic acids is 1. The first kappa shape index (κ1) is 15.7. The lowest BCUT2D eigenvalue weighted by atomic mass is 9.95. The fourth-order valence-corrected chi connectivity index (χ4v) is 3.41. The fraction of sp³-hybridized carbons (Fsp3) is 0.167. The van der Waals surface area contributed by atoms with Crippen molar-refractivity contribution >= 4 is 34.4 Å². The Bertz CT molecular complexity index is 967. The van der Waals surface area contributed by atoms with Gasteiger partial charge in [0.25, 0.3) is 0 Å². The lowest BCUT2D eigenvalue weighted by Crippen LogP contribution is -2.39. The van der Waals surface area contributed by atoms with Crippen molar-refractivity contribution in [2.24, 2.45) is 0 Å². The lowest BCUT2D eigenvalue weighted by molar-refractivity contribution is -0.127. The Morgan fingerprint density at radius 1 is 1.40 bits per heavy atom. The third-order valence-electron chi connectivity index (χ3n) is 4.40. The van der Waals surface area contributed by atoms with Gasteiger partial charge in [-0.25, -0.2) is 9.97 Å². The molecule has 0 radical (unpaired) electrons. The van der Waals surface area contributed by atoms with E-state index in [-0.39, 0.29) is 11.9 Å². The van der Waals surface area contributed by atoms with Gasteiger partial charge in [0.15, 0.2) is 0 Å². The Kier molecular flexibility index (Phi) is 3.89. The highest BCUT2D eigenvalue weighted by molar-refractivity contribution is 6.30. The van der Waals surface area contributed by atoms with E-state index >= 15 is 0 Å². The van der Waals surface area contributed by atoms with Crippen molar-refractivity contribution in [1.82, 2.24) is 19.9 Å². The maximum atomic E-state index is 12.1. The van der Waals surface area contributed by atoms with Crippen molar-refractivity contribution in [1.29, 1.82) is 0 Å². The van der Waals surface area contributed by atoms with Crippen LogP contribution in [-0.4, -0.2) is 32.3 Å². The number of hydrogen-bond donors (Lipinski definition) is 2. The number of aromatic amines is 1. The Morgan fingerprint density at radius 3 is 3.12 bits per heavy atom. The van der Waals surface area contributed by atoms with Gasteiger partial charge in [-0.05, 0) is 35.4 Å². The van der Waals surface area contributed by atoms with Crippen molar-refractivity contribution in [3.8, 4) is 0 Å². The highest BCUT2D eigenvalue weighted by Gasteiger charge is 2.28. The molecule has 7 heteroatoms. The van der Waals surface area contributed by atoms with Crippen LogP contribution in [0.5, 0.6) is 0 Å². The molecule has 3 heterocycles. The number of amides is 1. The van der Waals surface area contributed by atoms with Crippen molar-refractivity contribution in [2.75, 3.05) is 11.9 Å². The third-order valence-corrected chi connectivity index (χ3v) is 4.63. The van der Waals surface area contributed by atoms with E-state index in [1.54, 1.807) is 4.90 Å². The Morgan fingerprint density at radius 2 is 2.28 bits per heavy atom. The summed E-state index contributed by atoms with van der Waals surface area (Å²) in [5, 5.41) is 5.01. The zero-order valence-electron chi connectivity index (χ0n) is 13.4. The first-order valence-electron chi connectivity index (χ1n) is 7.90. The monoisotopic (exact) mass is 353 g/mol. The van der Waals surface area contributed by atoms with Gasteiger partial charge in [-0.15, -0.1) is 0 Å². The molecule has 0 saturated heterocycles. The molecule has 25 heavy (non-hydrogen) atoms. The number of carbonyl (C=O) groups is 1. The van der Waals surface area contributed by atoms with Crippen LogP contribution in [0.15, 0.2) is 49.4 Å². The van der Waals surface area contributed by atoms with E-state index in [2.05, 4.69) is 26.8 Å². The number of nitrogens with one attached hydrogen (secondary N) is 2. The third kappa shape index (κ3) is 2.85. The van der Waals surface area contributed by atoms with Crippen LogP contribution >= 0.6 is 11.6 Å². The number of anilines is 1. The van der Waals surface area contributed by atoms with E-state index in [9.17, 15) is 4.79 Å². The molecule has 1 amide bonds. The number of fused-ring (bicyclic) bond motifs is 2. The summed E-state index contributed by atoms with van der Waals surface area (Å²) in [5.41, 5.74) is 2.90. The molecule has 1 aliphatic heterocycles. The minimum atomic E-state index is -0.105. The van der Waals surface area contributed by atoms with Crippen LogP contribution in [0.25, 0.3) is 11.0 Å². The van der Waals surface area contributed by atoms with Crippen LogP contribution < -0.4 is 5.32 Å². The molecular formula is C18H16ClN5O. The van der Waals surface area contributed by atoms with Crippen molar-refractivity contribution in [2.45, 2.75) is 12.6 Å². The average Bonchev–Trinajstić information content (AvgIpc) is 3.10. The predicted octanol–water partition coefficient (Wildman–Crippen LogP) is 3.29. The van der Waals surface area contributed by atoms with E-state index < -0.39 is 0 Å². The average molecular weight is 354 g/mol. The predicted molar refractivity (Wildman–Crippen MR) is 97.3 cm³/mol. The highest BCUT2D eigenvalue weighted by atomic mass is 35.5. The van der Waals surface area contributed by atoms with Gasteiger partial charge in [0.05, 0.1) is 11.4 Å². The second-order valence-electron chi connectivity index (χ2n) is 5.93. The normalized spacial score (nSPS) is 16.5. The van der Waals surface area contributed by atoms with Gasteiger partial charge in [0, 0.05) is 24.3 Å². The van der Waals surface area contributed by atoms with E-state index in [4.69, 9.17) is 11.6 Å². The minimum absolute atomic E-state index is 0.0992. The van der Waals surface area contributed by atoms with E-state index in [0.717, 1.165) is 28.0 Å². The number of H-pyrrole nitrogens is 1. The molecule has 2 N–H and O–H groups in total. The summed E-state index contributed by atoms with van der Waals surface area (Å²) in [6, 6.07) is 7.60. The van der Waals surface area contributed by atoms with Crippen LogP contribution in [0.2, 0.25) is 5.02 Å². The second kappa shape index (κ2) is 6.22. The van der Waals surface area contributed by atoms with E-state index in [1.165, 1.54) is 12.4 Å². The summed E-state index contributed by atoms with van der Waals surface area (Å²) < 4.78 is 0. The molecule has 0 aliphatic carbocycles. The molecule has 1 aromatic carbocycles. The van der Waals surface area contributed by atoms with Crippen LogP contribution in [0.1, 0.15) is 17.2 Å². The Balaban J connectivity index is 1.73. The molecule has 126 valence electrons. The summed E-state index contributed by atoms with van der Waals surface area (Å²) >= 11 is 6.14. The summed E-state index contributed by atoms with van der Waals surface area (Å²) in [6.07, 6.45) is 4.67. The molecule has 4 rings (SSSR count). The van der Waals surface area contributed by atoms with Crippen molar-refractivity contribution in [3.05, 3.63) is 65.6 Å². The maximum Gasteiger partial charge on any atom is 0.246 e. The number of benzene rings is 1. The van der Waals surface area contributed by atoms with Gasteiger partial charge < -0.3 is 15.2 Å². The topological polar surface area (TPSA) is 73.9 Å². The molecule has 0 saturated carbocycles. The molecule has 1 unspecified atom stereocenters. The van der Waals surface area contributed by atoms with E-state index in [0.29, 0.717) is 18.1 Å². The molecule has 0 spiro atoms. The van der Waals surface area contributed by atoms with Gasteiger partial charge >= 0.3 is 0 Å².